The minimum absolute atomic E-state index is 0.629. The van der Waals surface area contributed by atoms with E-state index >= 15 is 0 Å². The SMILES string of the molecule is CSc1nc(NN)cc(NCC2CCOCC2)n1. The molecule has 1 aliphatic rings. The highest BCUT2D eigenvalue weighted by molar-refractivity contribution is 7.98. The first-order chi connectivity index (χ1) is 8.81. The highest BCUT2D eigenvalue weighted by Gasteiger charge is 2.13. The molecule has 0 atom stereocenters. The average Bonchev–Trinajstić information content (AvgIpc) is 2.45. The summed E-state index contributed by atoms with van der Waals surface area (Å²) in [6.45, 7) is 2.64. The molecule has 0 aliphatic carbocycles. The maximum Gasteiger partial charge on any atom is 0.191 e. The maximum atomic E-state index is 5.39. The van der Waals surface area contributed by atoms with E-state index in [0.717, 1.165) is 38.4 Å². The quantitative estimate of drug-likeness (QED) is 0.322. The van der Waals surface area contributed by atoms with Crippen LogP contribution in [0.4, 0.5) is 11.6 Å². The van der Waals surface area contributed by atoms with Crippen molar-refractivity contribution in [3.8, 4) is 0 Å². The fourth-order valence-electron chi connectivity index (χ4n) is 1.88. The minimum atomic E-state index is 0.629. The lowest BCUT2D eigenvalue weighted by atomic mass is 10.0. The number of nitrogens with zero attached hydrogens (tertiary/aromatic N) is 2. The van der Waals surface area contributed by atoms with Crippen molar-refractivity contribution in [1.29, 1.82) is 0 Å². The molecule has 1 aliphatic heterocycles. The van der Waals surface area contributed by atoms with Crippen molar-refractivity contribution in [3.63, 3.8) is 0 Å². The van der Waals surface area contributed by atoms with Gasteiger partial charge in [0, 0.05) is 25.8 Å². The molecule has 0 aromatic carbocycles. The fourth-order valence-corrected chi connectivity index (χ4v) is 2.26. The molecule has 1 fully saturated rings. The van der Waals surface area contributed by atoms with Crippen LogP contribution in [0.3, 0.4) is 0 Å². The van der Waals surface area contributed by atoms with Crippen LogP contribution < -0.4 is 16.6 Å². The van der Waals surface area contributed by atoms with Gasteiger partial charge in [-0.25, -0.2) is 15.8 Å². The minimum Gasteiger partial charge on any atom is -0.381 e. The van der Waals surface area contributed by atoms with Crippen molar-refractivity contribution >= 4 is 23.4 Å². The van der Waals surface area contributed by atoms with Crippen molar-refractivity contribution in [3.05, 3.63) is 6.07 Å². The van der Waals surface area contributed by atoms with Crippen LogP contribution in [0.25, 0.3) is 0 Å². The van der Waals surface area contributed by atoms with E-state index in [1.807, 2.05) is 12.3 Å². The van der Waals surface area contributed by atoms with Gasteiger partial charge in [0.15, 0.2) is 5.16 Å². The van der Waals surface area contributed by atoms with E-state index in [-0.39, 0.29) is 0 Å². The van der Waals surface area contributed by atoms with Gasteiger partial charge in [-0.3, -0.25) is 0 Å². The molecule has 7 heteroatoms. The zero-order chi connectivity index (χ0) is 12.8. The molecule has 0 spiro atoms. The Morgan fingerprint density at radius 1 is 1.39 bits per heavy atom. The molecule has 2 heterocycles. The third-order valence-electron chi connectivity index (χ3n) is 2.95. The molecule has 100 valence electrons. The lowest BCUT2D eigenvalue weighted by molar-refractivity contribution is 0.0699. The average molecular weight is 269 g/mol. The summed E-state index contributed by atoms with van der Waals surface area (Å²) in [5, 5.41) is 4.06. The third-order valence-corrected chi connectivity index (χ3v) is 3.50. The van der Waals surface area contributed by atoms with Crippen molar-refractivity contribution < 1.29 is 4.74 Å². The topological polar surface area (TPSA) is 85.1 Å². The number of hydrogen-bond acceptors (Lipinski definition) is 7. The molecule has 0 unspecified atom stereocenters. The number of aromatic nitrogens is 2. The summed E-state index contributed by atoms with van der Waals surface area (Å²) in [4.78, 5) is 8.62. The van der Waals surface area contributed by atoms with Gasteiger partial charge in [-0.15, -0.1) is 0 Å². The highest BCUT2D eigenvalue weighted by atomic mass is 32.2. The van der Waals surface area contributed by atoms with Crippen molar-refractivity contribution in [2.75, 3.05) is 36.8 Å². The van der Waals surface area contributed by atoms with Crippen LogP contribution >= 0.6 is 11.8 Å². The van der Waals surface area contributed by atoms with E-state index in [2.05, 4.69) is 20.7 Å². The number of hydrazine groups is 1. The van der Waals surface area contributed by atoms with Crippen molar-refractivity contribution in [2.45, 2.75) is 18.0 Å². The van der Waals surface area contributed by atoms with E-state index in [0.29, 0.717) is 16.9 Å². The first-order valence-electron chi connectivity index (χ1n) is 6.03. The fraction of sp³-hybridized carbons (Fsp3) is 0.636. The summed E-state index contributed by atoms with van der Waals surface area (Å²) < 4.78 is 5.34. The normalized spacial score (nSPS) is 16.6. The Kier molecular flexibility index (Phi) is 5.03. The van der Waals surface area contributed by atoms with Crippen LogP contribution in [0.1, 0.15) is 12.8 Å². The molecule has 0 saturated carbocycles. The number of anilines is 2. The molecular weight excluding hydrogens is 250 g/mol. The van der Waals surface area contributed by atoms with E-state index in [1.54, 1.807) is 0 Å². The van der Waals surface area contributed by atoms with E-state index in [1.165, 1.54) is 11.8 Å². The molecule has 1 aromatic rings. The van der Waals surface area contributed by atoms with Crippen LogP contribution in [0.2, 0.25) is 0 Å². The van der Waals surface area contributed by atoms with Gasteiger partial charge >= 0.3 is 0 Å². The molecule has 0 bridgehead atoms. The molecule has 2 rings (SSSR count). The highest BCUT2D eigenvalue weighted by Crippen LogP contribution is 2.19. The molecule has 0 amide bonds. The summed E-state index contributed by atoms with van der Waals surface area (Å²) in [6.07, 6.45) is 4.16. The molecule has 1 aromatic heterocycles. The Bertz CT molecular complexity index is 361. The summed E-state index contributed by atoms with van der Waals surface area (Å²) in [5.74, 6) is 7.48. The van der Waals surface area contributed by atoms with Gasteiger partial charge in [0.05, 0.1) is 0 Å². The van der Waals surface area contributed by atoms with Gasteiger partial charge in [0.25, 0.3) is 0 Å². The second-order valence-corrected chi connectivity index (χ2v) is 4.98. The largest absolute Gasteiger partial charge is 0.381 e. The van der Waals surface area contributed by atoms with Gasteiger partial charge in [-0.1, -0.05) is 11.8 Å². The number of thioether (sulfide) groups is 1. The Labute approximate surface area is 111 Å². The number of rotatable bonds is 5. The van der Waals surface area contributed by atoms with Gasteiger partial charge in [0.1, 0.15) is 11.6 Å². The molecule has 18 heavy (non-hydrogen) atoms. The number of nitrogens with one attached hydrogen (secondary N) is 2. The predicted molar refractivity (Wildman–Crippen MR) is 73.7 cm³/mol. The van der Waals surface area contributed by atoms with Crippen LogP contribution in [0.5, 0.6) is 0 Å². The standard InChI is InChI=1S/C11H19N5OS/c1-18-11-14-9(6-10(15-11)16-12)13-7-8-2-4-17-5-3-8/h6,8H,2-5,7,12H2,1H3,(H2,13,14,15,16). The second-order valence-electron chi connectivity index (χ2n) is 4.21. The second kappa shape index (κ2) is 6.77. The first kappa shape index (κ1) is 13.4. The Balaban J connectivity index is 1.94. The van der Waals surface area contributed by atoms with E-state index in [9.17, 15) is 0 Å². The summed E-state index contributed by atoms with van der Waals surface area (Å²) in [5.41, 5.74) is 2.56. The van der Waals surface area contributed by atoms with Crippen LogP contribution in [0, 0.1) is 5.92 Å². The van der Waals surface area contributed by atoms with Gasteiger partial charge in [-0.05, 0) is 25.0 Å². The Morgan fingerprint density at radius 3 is 2.78 bits per heavy atom. The summed E-state index contributed by atoms with van der Waals surface area (Å²) in [7, 11) is 0. The molecule has 6 nitrogen and oxygen atoms in total. The van der Waals surface area contributed by atoms with Crippen LogP contribution in [-0.2, 0) is 4.74 Å². The lowest BCUT2D eigenvalue weighted by Gasteiger charge is -2.22. The van der Waals surface area contributed by atoms with E-state index < -0.39 is 0 Å². The van der Waals surface area contributed by atoms with Crippen molar-refractivity contribution in [2.24, 2.45) is 11.8 Å². The summed E-state index contributed by atoms with van der Waals surface area (Å²) in [6, 6.07) is 1.82. The number of nitrogens with two attached hydrogens (primary N) is 1. The molecule has 1 saturated heterocycles. The van der Waals surface area contributed by atoms with Gasteiger partial charge in [-0.2, -0.15) is 0 Å². The first-order valence-corrected chi connectivity index (χ1v) is 7.25. The third kappa shape index (κ3) is 3.72. The molecule has 0 radical (unpaired) electrons. The summed E-state index contributed by atoms with van der Waals surface area (Å²) >= 11 is 1.50. The van der Waals surface area contributed by atoms with Gasteiger partial charge in [0.2, 0.25) is 0 Å². The van der Waals surface area contributed by atoms with E-state index in [4.69, 9.17) is 10.6 Å². The zero-order valence-corrected chi connectivity index (χ0v) is 11.3. The number of hydrogen-bond donors (Lipinski definition) is 3. The smallest absolute Gasteiger partial charge is 0.191 e. The lowest BCUT2D eigenvalue weighted by Crippen LogP contribution is -2.23. The number of ether oxygens (including phenoxy) is 1. The van der Waals surface area contributed by atoms with Gasteiger partial charge < -0.3 is 15.5 Å². The van der Waals surface area contributed by atoms with Crippen LogP contribution in [-0.4, -0.2) is 36.0 Å². The zero-order valence-electron chi connectivity index (χ0n) is 10.5. The Morgan fingerprint density at radius 2 is 2.11 bits per heavy atom. The van der Waals surface area contributed by atoms with Crippen LogP contribution in [0.15, 0.2) is 11.2 Å². The maximum absolute atomic E-state index is 5.39. The monoisotopic (exact) mass is 269 g/mol. The predicted octanol–water partition coefficient (Wildman–Crippen LogP) is 1.32. The molecular formula is C11H19N5OS. The van der Waals surface area contributed by atoms with Crippen molar-refractivity contribution in [1.82, 2.24) is 9.97 Å². The molecule has 4 N–H and O–H groups in total. The Hall–Kier alpha value is -1.05. The number of nitrogen functional groups attached to an aromatic ring is 1.